The summed E-state index contributed by atoms with van der Waals surface area (Å²) in [5, 5.41) is 10.4. The van der Waals surface area contributed by atoms with E-state index >= 15 is 0 Å². The molecule has 1 heterocycles. The third-order valence-corrected chi connectivity index (χ3v) is 3.96. The first-order valence-corrected chi connectivity index (χ1v) is 6.60. The Labute approximate surface area is 104 Å². The third kappa shape index (κ3) is 3.08. The van der Waals surface area contributed by atoms with Gasteiger partial charge in [-0.1, -0.05) is 43.7 Å². The van der Waals surface area contributed by atoms with Crippen LogP contribution < -0.4 is 0 Å². The van der Waals surface area contributed by atoms with Crippen LogP contribution in [0.1, 0.15) is 32.3 Å². The first kappa shape index (κ1) is 12.6. The molecule has 2 rings (SSSR count). The zero-order valence-electron chi connectivity index (χ0n) is 10.9. The van der Waals surface area contributed by atoms with Crippen LogP contribution in [0.15, 0.2) is 30.3 Å². The molecule has 0 aliphatic carbocycles. The number of hydrogen-bond donors (Lipinski definition) is 1. The number of aliphatic hydroxyl groups is 1. The average Bonchev–Trinajstić information content (AvgIpc) is 2.29. The summed E-state index contributed by atoms with van der Waals surface area (Å²) in [5.41, 5.74) is 0.806. The molecule has 1 aromatic rings. The van der Waals surface area contributed by atoms with Gasteiger partial charge in [-0.3, -0.25) is 4.90 Å². The van der Waals surface area contributed by atoms with Crippen LogP contribution in [0, 0.1) is 5.92 Å². The second-order valence-electron chi connectivity index (χ2n) is 5.45. The van der Waals surface area contributed by atoms with E-state index in [-0.39, 0.29) is 0 Å². The average molecular weight is 233 g/mol. The fourth-order valence-electron chi connectivity index (χ4n) is 2.93. The van der Waals surface area contributed by atoms with Crippen LogP contribution in [0.2, 0.25) is 0 Å². The lowest BCUT2D eigenvalue weighted by atomic mass is 9.81. The van der Waals surface area contributed by atoms with Crippen LogP contribution in [0.5, 0.6) is 0 Å². The van der Waals surface area contributed by atoms with Crippen LogP contribution in [0.25, 0.3) is 0 Å². The van der Waals surface area contributed by atoms with Gasteiger partial charge in [0, 0.05) is 13.1 Å². The molecule has 0 radical (unpaired) electrons. The van der Waals surface area contributed by atoms with Gasteiger partial charge in [0.2, 0.25) is 0 Å². The molecule has 0 unspecified atom stereocenters. The maximum Gasteiger partial charge on any atom is 0.0774 e. The zero-order chi connectivity index (χ0) is 12.3. The van der Waals surface area contributed by atoms with Gasteiger partial charge in [0.15, 0.2) is 0 Å². The monoisotopic (exact) mass is 233 g/mol. The summed E-state index contributed by atoms with van der Waals surface area (Å²) in [7, 11) is 0. The minimum absolute atomic E-state index is 0.453. The Balaban J connectivity index is 1.97. The number of benzene rings is 1. The van der Waals surface area contributed by atoms with Crippen LogP contribution in [-0.4, -0.2) is 28.7 Å². The molecule has 2 heteroatoms. The minimum atomic E-state index is -0.526. The summed E-state index contributed by atoms with van der Waals surface area (Å²) in [6.07, 6.45) is 2.18. The predicted octanol–water partition coefficient (Wildman–Crippen LogP) is 2.67. The van der Waals surface area contributed by atoms with Crippen molar-refractivity contribution in [2.24, 2.45) is 5.92 Å². The topological polar surface area (TPSA) is 23.5 Å². The Morgan fingerprint density at radius 3 is 2.65 bits per heavy atom. The van der Waals surface area contributed by atoms with E-state index in [9.17, 15) is 5.11 Å². The number of likely N-dealkylation sites (tertiary alicyclic amines) is 1. The summed E-state index contributed by atoms with van der Waals surface area (Å²) in [4.78, 5) is 2.36. The second-order valence-corrected chi connectivity index (χ2v) is 5.45. The molecule has 2 atom stereocenters. The minimum Gasteiger partial charge on any atom is -0.389 e. The van der Waals surface area contributed by atoms with Gasteiger partial charge in [0.25, 0.3) is 0 Å². The summed E-state index contributed by atoms with van der Waals surface area (Å²) < 4.78 is 0. The van der Waals surface area contributed by atoms with E-state index in [1.165, 1.54) is 5.56 Å². The van der Waals surface area contributed by atoms with Crippen molar-refractivity contribution in [1.29, 1.82) is 0 Å². The fourth-order valence-corrected chi connectivity index (χ4v) is 2.93. The van der Waals surface area contributed by atoms with Crippen LogP contribution in [0.4, 0.5) is 0 Å². The Morgan fingerprint density at radius 1 is 1.35 bits per heavy atom. The van der Waals surface area contributed by atoms with Gasteiger partial charge in [-0.15, -0.1) is 0 Å². The molecule has 0 saturated carbocycles. The van der Waals surface area contributed by atoms with E-state index in [2.05, 4.69) is 36.1 Å². The Kier molecular flexibility index (Phi) is 3.85. The summed E-state index contributed by atoms with van der Waals surface area (Å²) >= 11 is 0. The number of piperidine rings is 1. The van der Waals surface area contributed by atoms with Crippen molar-refractivity contribution in [3.63, 3.8) is 0 Å². The third-order valence-electron chi connectivity index (χ3n) is 3.96. The summed E-state index contributed by atoms with van der Waals surface area (Å²) in [6.45, 7) is 7.00. The lowest BCUT2D eigenvalue weighted by molar-refractivity contribution is -0.0664. The summed E-state index contributed by atoms with van der Waals surface area (Å²) in [6, 6.07) is 10.5. The molecule has 0 aromatic heterocycles. The van der Waals surface area contributed by atoms with Crippen molar-refractivity contribution in [1.82, 2.24) is 4.90 Å². The molecule has 1 saturated heterocycles. The molecule has 1 fully saturated rings. The van der Waals surface area contributed by atoms with Crippen molar-refractivity contribution in [3.8, 4) is 0 Å². The van der Waals surface area contributed by atoms with E-state index in [0.29, 0.717) is 5.92 Å². The highest BCUT2D eigenvalue weighted by molar-refractivity contribution is 5.14. The molecule has 1 aliphatic heterocycles. The van der Waals surface area contributed by atoms with Gasteiger partial charge in [-0.05, 0) is 31.4 Å². The molecule has 94 valence electrons. The number of hydrogen-bond acceptors (Lipinski definition) is 2. The second kappa shape index (κ2) is 5.19. The van der Waals surface area contributed by atoms with Crippen molar-refractivity contribution in [2.75, 3.05) is 13.1 Å². The molecular formula is C15H23NO. The van der Waals surface area contributed by atoms with Gasteiger partial charge in [0.05, 0.1) is 5.60 Å². The molecule has 0 amide bonds. The van der Waals surface area contributed by atoms with Crippen LogP contribution >= 0.6 is 0 Å². The maximum atomic E-state index is 10.4. The standard InChI is InChI=1S/C15H23NO/c1-3-14-9-10-16(12-15(14,2)17)11-13-7-5-4-6-8-13/h4-8,14,17H,3,9-12H2,1-2H3/t14-,15-/m1/s1. The SMILES string of the molecule is CC[C@@H]1CCN(Cc2ccccc2)C[C@@]1(C)O. The lowest BCUT2D eigenvalue weighted by Crippen LogP contribution is -2.51. The highest BCUT2D eigenvalue weighted by Gasteiger charge is 2.36. The molecule has 2 nitrogen and oxygen atoms in total. The van der Waals surface area contributed by atoms with Crippen molar-refractivity contribution >= 4 is 0 Å². The van der Waals surface area contributed by atoms with Crippen LogP contribution in [0.3, 0.4) is 0 Å². The molecule has 0 spiro atoms. The zero-order valence-corrected chi connectivity index (χ0v) is 10.9. The van der Waals surface area contributed by atoms with E-state index in [1.807, 2.05) is 13.0 Å². The molecule has 1 aromatic carbocycles. The Morgan fingerprint density at radius 2 is 2.06 bits per heavy atom. The highest BCUT2D eigenvalue weighted by Crippen LogP contribution is 2.30. The molecular weight excluding hydrogens is 210 g/mol. The van der Waals surface area contributed by atoms with E-state index < -0.39 is 5.60 Å². The first-order valence-electron chi connectivity index (χ1n) is 6.60. The van der Waals surface area contributed by atoms with Crippen LogP contribution in [-0.2, 0) is 6.54 Å². The Bertz CT molecular complexity index is 347. The van der Waals surface area contributed by atoms with Gasteiger partial charge in [-0.2, -0.15) is 0 Å². The van der Waals surface area contributed by atoms with Gasteiger partial charge in [-0.25, -0.2) is 0 Å². The number of β-amino-alcohol motifs (C(OH)–C–C–N with tert-alkyl or cyclic N) is 1. The summed E-state index contributed by atoms with van der Waals surface area (Å²) in [5.74, 6) is 0.453. The molecule has 1 N–H and O–H groups in total. The Hall–Kier alpha value is -0.860. The normalized spacial score (nSPS) is 30.4. The van der Waals surface area contributed by atoms with Gasteiger partial charge < -0.3 is 5.11 Å². The number of nitrogens with zero attached hydrogens (tertiary/aromatic N) is 1. The van der Waals surface area contributed by atoms with Crippen molar-refractivity contribution < 1.29 is 5.11 Å². The largest absolute Gasteiger partial charge is 0.389 e. The lowest BCUT2D eigenvalue weighted by Gasteiger charge is -2.42. The smallest absolute Gasteiger partial charge is 0.0774 e. The van der Waals surface area contributed by atoms with Crippen molar-refractivity contribution in [3.05, 3.63) is 35.9 Å². The van der Waals surface area contributed by atoms with Gasteiger partial charge >= 0.3 is 0 Å². The highest BCUT2D eigenvalue weighted by atomic mass is 16.3. The number of rotatable bonds is 3. The molecule has 17 heavy (non-hydrogen) atoms. The van der Waals surface area contributed by atoms with E-state index in [4.69, 9.17) is 0 Å². The maximum absolute atomic E-state index is 10.4. The molecule has 0 bridgehead atoms. The molecule has 1 aliphatic rings. The fraction of sp³-hybridized carbons (Fsp3) is 0.600. The quantitative estimate of drug-likeness (QED) is 0.867. The van der Waals surface area contributed by atoms with Crippen molar-refractivity contribution in [2.45, 2.75) is 38.8 Å². The predicted molar refractivity (Wildman–Crippen MR) is 70.7 cm³/mol. The van der Waals surface area contributed by atoms with E-state index in [0.717, 1.165) is 32.5 Å². The van der Waals surface area contributed by atoms with Gasteiger partial charge in [0.1, 0.15) is 0 Å². The van der Waals surface area contributed by atoms with E-state index in [1.54, 1.807) is 0 Å². The first-order chi connectivity index (χ1) is 8.12.